The van der Waals surface area contributed by atoms with E-state index in [1.807, 2.05) is 19.3 Å². The number of carbonyl (C=O) groups is 1. The molecule has 2 heterocycles. The third-order valence-electron chi connectivity index (χ3n) is 4.04. The lowest BCUT2D eigenvalue weighted by molar-refractivity contribution is -0.129. The lowest BCUT2D eigenvalue weighted by Crippen LogP contribution is -2.25. The predicted octanol–water partition coefficient (Wildman–Crippen LogP) is 1.26. The van der Waals surface area contributed by atoms with Gasteiger partial charge in [0, 0.05) is 31.0 Å². The van der Waals surface area contributed by atoms with E-state index in [-0.39, 0.29) is 18.1 Å². The Labute approximate surface area is 101 Å². The number of hydrogen-bond acceptors (Lipinski definition) is 2. The highest BCUT2D eigenvalue weighted by Gasteiger charge is 2.33. The van der Waals surface area contributed by atoms with Crippen LogP contribution in [0, 0.1) is 0 Å². The van der Waals surface area contributed by atoms with Crippen molar-refractivity contribution in [2.75, 3.05) is 13.6 Å². The number of carbonyl (C=O) groups excluding carboxylic acids is 1. The number of nitrogens with zero attached hydrogens (tertiary/aromatic N) is 2. The molecule has 1 N–H and O–H groups in total. The van der Waals surface area contributed by atoms with Crippen molar-refractivity contribution in [3.8, 4) is 0 Å². The van der Waals surface area contributed by atoms with Crippen LogP contribution < -0.4 is 0 Å². The maximum Gasteiger partial charge on any atom is 0.245 e. The molecule has 1 amide bonds. The van der Waals surface area contributed by atoms with Crippen LogP contribution in [0.15, 0.2) is 12.3 Å². The monoisotopic (exact) mass is 234 g/mol. The topological polar surface area (TPSA) is 45.5 Å². The molecule has 2 aliphatic rings. The summed E-state index contributed by atoms with van der Waals surface area (Å²) in [5, 5.41) is 9.93. The second-order valence-electron chi connectivity index (χ2n) is 5.10. The molecule has 0 bridgehead atoms. The van der Waals surface area contributed by atoms with Crippen LogP contribution in [-0.2, 0) is 11.2 Å². The number of likely N-dealkylation sites (N-methyl/N-ethyl adjacent to an activating group) is 1. The van der Waals surface area contributed by atoms with Gasteiger partial charge in [0.1, 0.15) is 6.04 Å². The van der Waals surface area contributed by atoms with Gasteiger partial charge in [-0.2, -0.15) is 0 Å². The summed E-state index contributed by atoms with van der Waals surface area (Å²) in [6, 6.07) is 1.93. The van der Waals surface area contributed by atoms with Gasteiger partial charge in [0.15, 0.2) is 0 Å². The van der Waals surface area contributed by atoms with E-state index in [1.165, 1.54) is 0 Å². The molecule has 1 aromatic rings. The fourth-order valence-corrected chi connectivity index (χ4v) is 3.05. The normalized spacial score (nSPS) is 28.6. The van der Waals surface area contributed by atoms with E-state index in [0.29, 0.717) is 0 Å². The first-order valence-corrected chi connectivity index (χ1v) is 6.31. The van der Waals surface area contributed by atoms with Crippen LogP contribution in [-0.4, -0.2) is 34.1 Å². The fourth-order valence-electron chi connectivity index (χ4n) is 3.05. The molecule has 3 rings (SSSR count). The number of fused-ring (bicyclic) bond motifs is 1. The molecule has 1 aliphatic heterocycles. The molecule has 17 heavy (non-hydrogen) atoms. The lowest BCUT2D eigenvalue weighted by Gasteiger charge is -2.22. The van der Waals surface area contributed by atoms with E-state index in [4.69, 9.17) is 0 Å². The van der Waals surface area contributed by atoms with Crippen LogP contribution >= 0.6 is 0 Å². The van der Waals surface area contributed by atoms with Crippen molar-refractivity contribution in [3.05, 3.63) is 23.5 Å². The van der Waals surface area contributed by atoms with Crippen molar-refractivity contribution in [2.24, 2.45) is 0 Å². The molecular formula is C13H18N2O2. The Bertz CT molecular complexity index is 452. The Morgan fingerprint density at radius 3 is 2.94 bits per heavy atom. The van der Waals surface area contributed by atoms with Crippen LogP contribution in [0.2, 0.25) is 0 Å². The SMILES string of the molecule is CN1CCC(n2ccc3c2CCCC3O)C1=O. The Kier molecular flexibility index (Phi) is 2.47. The highest BCUT2D eigenvalue weighted by molar-refractivity contribution is 5.82. The number of rotatable bonds is 1. The summed E-state index contributed by atoms with van der Waals surface area (Å²) < 4.78 is 2.09. The van der Waals surface area contributed by atoms with E-state index in [2.05, 4.69) is 4.57 Å². The molecule has 4 nitrogen and oxygen atoms in total. The quantitative estimate of drug-likeness (QED) is 0.795. The second kappa shape index (κ2) is 3.88. The lowest BCUT2D eigenvalue weighted by atomic mass is 9.95. The molecule has 0 aromatic carbocycles. The highest BCUT2D eigenvalue weighted by Crippen LogP contribution is 2.34. The Morgan fingerprint density at radius 2 is 2.24 bits per heavy atom. The van der Waals surface area contributed by atoms with Crippen LogP contribution in [0.5, 0.6) is 0 Å². The number of hydrogen-bond donors (Lipinski definition) is 1. The van der Waals surface area contributed by atoms with Gasteiger partial charge in [-0.05, 0) is 31.7 Å². The summed E-state index contributed by atoms with van der Waals surface area (Å²) >= 11 is 0. The van der Waals surface area contributed by atoms with Crippen LogP contribution in [0.25, 0.3) is 0 Å². The fraction of sp³-hybridized carbons (Fsp3) is 0.615. The summed E-state index contributed by atoms with van der Waals surface area (Å²) in [6.45, 7) is 0.832. The molecule has 1 saturated heterocycles. The van der Waals surface area contributed by atoms with Crippen molar-refractivity contribution in [1.82, 2.24) is 9.47 Å². The molecule has 1 fully saturated rings. The maximum atomic E-state index is 12.0. The Hall–Kier alpha value is -1.29. The highest BCUT2D eigenvalue weighted by atomic mass is 16.3. The summed E-state index contributed by atoms with van der Waals surface area (Å²) in [6.07, 6.45) is 5.35. The second-order valence-corrected chi connectivity index (χ2v) is 5.10. The molecule has 1 aliphatic carbocycles. The number of aliphatic hydroxyl groups is 1. The van der Waals surface area contributed by atoms with Crippen molar-refractivity contribution < 1.29 is 9.90 Å². The minimum absolute atomic E-state index is 0.0472. The first-order chi connectivity index (χ1) is 8.18. The third kappa shape index (κ3) is 1.59. The smallest absolute Gasteiger partial charge is 0.245 e. The molecule has 4 heteroatoms. The van der Waals surface area contributed by atoms with Gasteiger partial charge < -0.3 is 14.6 Å². The van der Waals surface area contributed by atoms with Crippen molar-refractivity contribution >= 4 is 5.91 Å². The molecule has 0 radical (unpaired) electrons. The molecule has 0 spiro atoms. The van der Waals surface area contributed by atoms with E-state index >= 15 is 0 Å². The largest absolute Gasteiger partial charge is 0.388 e. The summed E-state index contributed by atoms with van der Waals surface area (Å²) in [5.41, 5.74) is 2.19. The van der Waals surface area contributed by atoms with Crippen LogP contribution in [0.4, 0.5) is 0 Å². The average Bonchev–Trinajstić information content (AvgIpc) is 2.86. The van der Waals surface area contributed by atoms with Crippen molar-refractivity contribution in [1.29, 1.82) is 0 Å². The van der Waals surface area contributed by atoms with Crippen molar-refractivity contribution in [3.63, 3.8) is 0 Å². The molecule has 92 valence electrons. The zero-order chi connectivity index (χ0) is 12.0. The average molecular weight is 234 g/mol. The number of amides is 1. The predicted molar refractivity (Wildman–Crippen MR) is 63.6 cm³/mol. The van der Waals surface area contributed by atoms with E-state index in [9.17, 15) is 9.90 Å². The molecule has 2 atom stereocenters. The first kappa shape index (κ1) is 10.8. The van der Waals surface area contributed by atoms with Crippen molar-refractivity contribution in [2.45, 2.75) is 37.8 Å². The van der Waals surface area contributed by atoms with E-state index < -0.39 is 0 Å². The molecular weight excluding hydrogens is 216 g/mol. The van der Waals surface area contributed by atoms with Crippen LogP contribution in [0.3, 0.4) is 0 Å². The summed E-state index contributed by atoms with van der Waals surface area (Å²) in [5.74, 6) is 0.198. The van der Waals surface area contributed by atoms with E-state index in [0.717, 1.165) is 43.5 Å². The molecule has 0 saturated carbocycles. The standard InChI is InChI=1S/C13H18N2O2/c1-14-7-6-11(13(14)17)15-8-5-9-10(15)3-2-4-12(9)16/h5,8,11-12,16H,2-4,6-7H2,1H3. The zero-order valence-electron chi connectivity index (χ0n) is 10.1. The first-order valence-electron chi connectivity index (χ1n) is 6.31. The summed E-state index contributed by atoms with van der Waals surface area (Å²) in [4.78, 5) is 13.8. The van der Waals surface area contributed by atoms with Gasteiger partial charge in [0.05, 0.1) is 6.10 Å². The zero-order valence-corrected chi connectivity index (χ0v) is 10.1. The van der Waals surface area contributed by atoms with Gasteiger partial charge in [-0.1, -0.05) is 0 Å². The van der Waals surface area contributed by atoms with Gasteiger partial charge in [0.2, 0.25) is 5.91 Å². The van der Waals surface area contributed by atoms with Crippen LogP contribution in [0.1, 0.15) is 42.7 Å². The van der Waals surface area contributed by atoms with Gasteiger partial charge in [-0.15, -0.1) is 0 Å². The summed E-state index contributed by atoms with van der Waals surface area (Å²) in [7, 11) is 1.85. The van der Waals surface area contributed by atoms with E-state index in [1.54, 1.807) is 4.90 Å². The number of likely N-dealkylation sites (tertiary alicyclic amines) is 1. The molecule has 2 unspecified atom stereocenters. The van der Waals surface area contributed by atoms with Gasteiger partial charge in [-0.3, -0.25) is 4.79 Å². The van der Waals surface area contributed by atoms with Gasteiger partial charge in [0.25, 0.3) is 0 Å². The third-order valence-corrected chi connectivity index (χ3v) is 4.04. The van der Waals surface area contributed by atoms with Gasteiger partial charge >= 0.3 is 0 Å². The minimum atomic E-state index is -0.339. The minimum Gasteiger partial charge on any atom is -0.388 e. The maximum absolute atomic E-state index is 12.0. The van der Waals surface area contributed by atoms with Gasteiger partial charge in [-0.25, -0.2) is 0 Å². The number of aliphatic hydroxyl groups excluding tert-OH is 1. The Balaban J connectivity index is 1.97. The Morgan fingerprint density at radius 1 is 1.41 bits per heavy atom. The molecule has 1 aromatic heterocycles. The number of aromatic nitrogens is 1.